The van der Waals surface area contributed by atoms with Gasteiger partial charge in [-0.15, -0.1) is 0 Å². The molecule has 0 radical (unpaired) electrons. The Hall–Kier alpha value is -2.71. The number of benzene rings is 1. The van der Waals surface area contributed by atoms with Crippen molar-refractivity contribution >= 4 is 11.6 Å². The van der Waals surface area contributed by atoms with Crippen molar-refractivity contribution in [1.82, 2.24) is 4.98 Å². The molecule has 2 rings (SSSR count). The Bertz CT molecular complexity index is 715. The number of carbonyl (C=O) groups is 1. The third-order valence-corrected chi connectivity index (χ3v) is 2.85. The van der Waals surface area contributed by atoms with Crippen molar-refractivity contribution < 1.29 is 9.18 Å². The van der Waals surface area contributed by atoms with Crippen LogP contribution in [0.3, 0.4) is 0 Å². The Kier molecular flexibility index (Phi) is 4.64. The molecule has 0 bridgehead atoms. The predicted octanol–water partition coefficient (Wildman–Crippen LogP) is 2.09. The molecule has 1 heterocycles. The largest absolute Gasteiger partial charge is 0.320 e. The van der Waals surface area contributed by atoms with Crippen molar-refractivity contribution in [2.24, 2.45) is 5.73 Å². The highest BCUT2D eigenvalue weighted by Crippen LogP contribution is 2.18. The van der Waals surface area contributed by atoms with Gasteiger partial charge in [-0.1, -0.05) is 17.9 Å². The number of nitrogens with zero attached hydrogens (tertiary/aromatic N) is 1. The van der Waals surface area contributed by atoms with Gasteiger partial charge in [0.05, 0.1) is 6.54 Å². The van der Waals surface area contributed by atoms with Crippen LogP contribution in [0, 0.1) is 24.6 Å². The van der Waals surface area contributed by atoms with Crippen LogP contribution in [-0.2, 0) is 0 Å². The number of halogens is 1. The molecule has 1 amide bonds. The molecule has 0 saturated carbocycles. The highest BCUT2D eigenvalue weighted by atomic mass is 19.1. The molecular formula is C16H14FN3O. The molecule has 0 aliphatic rings. The summed E-state index contributed by atoms with van der Waals surface area (Å²) in [6, 6.07) is 7.76. The number of nitrogens with one attached hydrogen (secondary N) is 1. The van der Waals surface area contributed by atoms with E-state index in [-0.39, 0.29) is 18.1 Å². The third kappa shape index (κ3) is 3.65. The monoisotopic (exact) mass is 283 g/mol. The van der Waals surface area contributed by atoms with Crippen LogP contribution in [0.2, 0.25) is 0 Å². The first kappa shape index (κ1) is 14.7. The van der Waals surface area contributed by atoms with Gasteiger partial charge in [0.1, 0.15) is 11.5 Å². The Morgan fingerprint density at radius 1 is 1.38 bits per heavy atom. The summed E-state index contributed by atoms with van der Waals surface area (Å²) in [4.78, 5) is 16.1. The van der Waals surface area contributed by atoms with E-state index in [2.05, 4.69) is 22.1 Å². The van der Waals surface area contributed by atoms with Crippen molar-refractivity contribution in [2.75, 3.05) is 11.9 Å². The summed E-state index contributed by atoms with van der Waals surface area (Å²) in [6.45, 7) is 1.87. The summed E-state index contributed by atoms with van der Waals surface area (Å²) in [5.41, 5.74) is 7.00. The quantitative estimate of drug-likeness (QED) is 0.829. The Labute approximate surface area is 122 Å². The van der Waals surface area contributed by atoms with E-state index in [9.17, 15) is 9.18 Å². The average molecular weight is 283 g/mol. The number of hydrogen-bond donors (Lipinski definition) is 2. The number of aromatic nitrogens is 1. The van der Waals surface area contributed by atoms with Gasteiger partial charge in [-0.2, -0.15) is 0 Å². The molecule has 0 spiro atoms. The second-order valence-electron chi connectivity index (χ2n) is 4.30. The molecule has 0 fully saturated rings. The van der Waals surface area contributed by atoms with Gasteiger partial charge >= 0.3 is 0 Å². The third-order valence-electron chi connectivity index (χ3n) is 2.85. The fraction of sp³-hybridized carbons (Fsp3) is 0.125. The summed E-state index contributed by atoms with van der Waals surface area (Å²) >= 11 is 0. The minimum Gasteiger partial charge on any atom is -0.320 e. The number of anilines is 1. The van der Waals surface area contributed by atoms with Crippen LogP contribution in [-0.4, -0.2) is 17.4 Å². The molecule has 0 aliphatic heterocycles. The second kappa shape index (κ2) is 6.64. The van der Waals surface area contributed by atoms with Gasteiger partial charge in [-0.25, -0.2) is 9.37 Å². The maximum absolute atomic E-state index is 13.4. The minimum absolute atomic E-state index is 0.233. The van der Waals surface area contributed by atoms with E-state index in [0.717, 1.165) is 0 Å². The molecule has 5 heteroatoms. The van der Waals surface area contributed by atoms with E-state index < -0.39 is 5.91 Å². The summed E-state index contributed by atoms with van der Waals surface area (Å²) < 4.78 is 13.4. The van der Waals surface area contributed by atoms with E-state index in [0.29, 0.717) is 16.8 Å². The smallest absolute Gasteiger partial charge is 0.274 e. The average Bonchev–Trinajstić information content (AvgIpc) is 2.50. The first-order valence-corrected chi connectivity index (χ1v) is 6.33. The molecule has 0 unspecified atom stereocenters. The molecule has 4 nitrogen and oxygen atoms in total. The molecule has 3 N–H and O–H groups in total. The van der Waals surface area contributed by atoms with Crippen molar-refractivity contribution in [3.05, 3.63) is 59.2 Å². The molecule has 0 atom stereocenters. The maximum Gasteiger partial charge on any atom is 0.274 e. The fourth-order valence-corrected chi connectivity index (χ4v) is 1.68. The summed E-state index contributed by atoms with van der Waals surface area (Å²) in [5, 5.41) is 2.63. The zero-order valence-electron chi connectivity index (χ0n) is 11.5. The minimum atomic E-state index is -0.401. The van der Waals surface area contributed by atoms with E-state index >= 15 is 0 Å². The van der Waals surface area contributed by atoms with Gasteiger partial charge in [-0.3, -0.25) is 4.79 Å². The van der Waals surface area contributed by atoms with Crippen LogP contribution in [0.4, 0.5) is 10.1 Å². The lowest BCUT2D eigenvalue weighted by molar-refractivity contribution is 0.102. The topological polar surface area (TPSA) is 68.0 Å². The number of pyridine rings is 1. The van der Waals surface area contributed by atoms with Gasteiger partial charge in [0.25, 0.3) is 5.91 Å². The van der Waals surface area contributed by atoms with Gasteiger partial charge in [0.2, 0.25) is 0 Å². The molecule has 0 saturated heterocycles. The second-order valence-corrected chi connectivity index (χ2v) is 4.30. The molecule has 1 aromatic carbocycles. The van der Waals surface area contributed by atoms with Crippen LogP contribution in [0.5, 0.6) is 0 Å². The van der Waals surface area contributed by atoms with Gasteiger partial charge < -0.3 is 11.1 Å². The van der Waals surface area contributed by atoms with Crippen LogP contribution in [0.1, 0.15) is 21.6 Å². The number of nitrogens with two attached hydrogens (primary N) is 1. The first-order valence-electron chi connectivity index (χ1n) is 6.33. The number of hydrogen-bond acceptors (Lipinski definition) is 3. The molecule has 106 valence electrons. The Balaban J connectivity index is 2.15. The number of carbonyl (C=O) groups excluding carboxylic acids is 1. The van der Waals surface area contributed by atoms with E-state index in [4.69, 9.17) is 5.73 Å². The van der Waals surface area contributed by atoms with Crippen molar-refractivity contribution in [3.8, 4) is 11.8 Å². The van der Waals surface area contributed by atoms with Crippen LogP contribution in [0.15, 0.2) is 36.5 Å². The van der Waals surface area contributed by atoms with Crippen molar-refractivity contribution in [2.45, 2.75) is 6.92 Å². The summed E-state index contributed by atoms with van der Waals surface area (Å²) in [6.07, 6.45) is 1.50. The van der Waals surface area contributed by atoms with E-state index in [1.807, 2.05) is 0 Å². The SMILES string of the molecule is Cc1c(F)cccc1NC(=O)c1ccc(C#CCN)cn1. The van der Waals surface area contributed by atoms with Crippen molar-refractivity contribution in [1.29, 1.82) is 0 Å². The first-order chi connectivity index (χ1) is 10.1. The summed E-state index contributed by atoms with van der Waals surface area (Å²) in [7, 11) is 0. The van der Waals surface area contributed by atoms with Gasteiger partial charge in [0.15, 0.2) is 0 Å². The van der Waals surface area contributed by atoms with Crippen LogP contribution < -0.4 is 11.1 Å². The number of amides is 1. The van der Waals surface area contributed by atoms with Crippen LogP contribution in [0.25, 0.3) is 0 Å². The van der Waals surface area contributed by atoms with Gasteiger partial charge in [0, 0.05) is 23.0 Å². The highest BCUT2D eigenvalue weighted by molar-refractivity contribution is 6.03. The molecule has 2 aromatic rings. The zero-order chi connectivity index (χ0) is 15.2. The fourth-order valence-electron chi connectivity index (χ4n) is 1.68. The molecule has 1 aromatic heterocycles. The Morgan fingerprint density at radius 3 is 2.86 bits per heavy atom. The molecule has 21 heavy (non-hydrogen) atoms. The zero-order valence-corrected chi connectivity index (χ0v) is 11.5. The van der Waals surface area contributed by atoms with Crippen LogP contribution >= 0.6 is 0 Å². The lowest BCUT2D eigenvalue weighted by atomic mass is 10.2. The lowest BCUT2D eigenvalue weighted by Gasteiger charge is -2.08. The van der Waals surface area contributed by atoms with Crippen molar-refractivity contribution in [3.63, 3.8) is 0 Å². The Morgan fingerprint density at radius 2 is 2.19 bits per heavy atom. The van der Waals surface area contributed by atoms with E-state index in [1.54, 1.807) is 25.1 Å². The highest BCUT2D eigenvalue weighted by Gasteiger charge is 2.10. The number of rotatable bonds is 2. The molecule has 0 aliphatic carbocycles. The maximum atomic E-state index is 13.4. The van der Waals surface area contributed by atoms with Gasteiger partial charge in [-0.05, 0) is 31.2 Å². The lowest BCUT2D eigenvalue weighted by Crippen LogP contribution is -2.14. The van der Waals surface area contributed by atoms with E-state index in [1.165, 1.54) is 18.3 Å². The standard InChI is InChI=1S/C16H14FN3O/c1-11-13(17)5-2-6-14(11)20-16(21)15-8-7-12(10-19-15)4-3-9-18/h2,5-8,10H,9,18H2,1H3,(H,20,21). The normalized spacial score (nSPS) is 9.67. The summed E-state index contributed by atoms with van der Waals surface area (Å²) in [5.74, 6) is 4.75. The molecular weight excluding hydrogens is 269 g/mol. The predicted molar refractivity (Wildman–Crippen MR) is 79.3 cm³/mol.